The van der Waals surface area contributed by atoms with E-state index in [1.54, 1.807) is 14.2 Å². The Bertz CT molecular complexity index is 1260. The third-order valence-corrected chi connectivity index (χ3v) is 6.40. The van der Waals surface area contributed by atoms with Crippen LogP contribution in [0.4, 0.5) is 0 Å². The molecule has 194 valence electrons. The van der Waals surface area contributed by atoms with Crippen molar-refractivity contribution >= 4 is 11.7 Å². The molecule has 4 rings (SSSR count). The van der Waals surface area contributed by atoms with Gasteiger partial charge in [0.25, 0.3) is 0 Å². The maximum atomic E-state index is 8.40. The van der Waals surface area contributed by atoms with Gasteiger partial charge in [-0.25, -0.2) is 4.99 Å². The van der Waals surface area contributed by atoms with E-state index in [1.165, 1.54) is 0 Å². The van der Waals surface area contributed by atoms with Crippen LogP contribution in [0.3, 0.4) is 0 Å². The number of nitrogens with two attached hydrogens (primary N) is 1. The van der Waals surface area contributed by atoms with Crippen molar-refractivity contribution < 1.29 is 18.9 Å². The molecule has 1 heterocycles. The van der Waals surface area contributed by atoms with E-state index in [4.69, 9.17) is 30.1 Å². The molecule has 0 amide bonds. The number of fused-ring (bicyclic) bond motifs is 1. The van der Waals surface area contributed by atoms with Gasteiger partial charge in [-0.05, 0) is 73.9 Å². The largest absolute Gasteiger partial charge is 0.497 e. The quantitative estimate of drug-likeness (QED) is 0.282. The smallest absolute Gasteiger partial charge is 0.155 e. The Morgan fingerprint density at radius 1 is 0.676 bits per heavy atom. The highest BCUT2D eigenvalue weighted by Crippen LogP contribution is 2.28. The summed E-state index contributed by atoms with van der Waals surface area (Å²) in [7, 11) is 3.30. The molecule has 1 aliphatic heterocycles. The lowest BCUT2D eigenvalue weighted by molar-refractivity contribution is 0.304. The zero-order chi connectivity index (χ0) is 26.0. The lowest BCUT2D eigenvalue weighted by atomic mass is 9.91. The van der Waals surface area contributed by atoms with Gasteiger partial charge in [0.05, 0.1) is 27.4 Å². The van der Waals surface area contributed by atoms with E-state index in [0.717, 1.165) is 83.8 Å². The van der Waals surface area contributed by atoms with Crippen molar-refractivity contribution in [1.82, 2.24) is 0 Å². The second-order valence-electron chi connectivity index (χ2n) is 8.95. The number of ether oxygens (including phenoxy) is 4. The number of nitrogens with zero attached hydrogens (tertiary/aromatic N) is 1. The number of nitrogens with one attached hydrogen (secondary N) is 1. The van der Waals surface area contributed by atoms with Crippen molar-refractivity contribution in [1.29, 1.82) is 5.41 Å². The molecule has 0 saturated heterocycles. The third kappa shape index (κ3) is 6.82. The zero-order valence-corrected chi connectivity index (χ0v) is 21.6. The van der Waals surface area contributed by atoms with Gasteiger partial charge in [0.2, 0.25) is 0 Å². The summed E-state index contributed by atoms with van der Waals surface area (Å²) in [4.78, 5) is 4.28. The molecule has 0 aliphatic carbocycles. The van der Waals surface area contributed by atoms with Crippen LogP contribution < -0.4 is 24.7 Å². The van der Waals surface area contributed by atoms with Crippen LogP contribution in [0.25, 0.3) is 0 Å². The molecule has 3 N–H and O–H groups in total. The average Bonchev–Trinajstić information content (AvgIpc) is 3.23. The predicted octanol–water partition coefficient (Wildman–Crippen LogP) is 5.55. The normalized spacial score (nSPS) is 12.2. The third-order valence-electron chi connectivity index (χ3n) is 6.40. The Balaban J connectivity index is 1.27. The van der Waals surface area contributed by atoms with Gasteiger partial charge in [-0.2, -0.15) is 0 Å². The van der Waals surface area contributed by atoms with Crippen molar-refractivity contribution in [2.75, 3.05) is 27.4 Å². The highest BCUT2D eigenvalue weighted by atomic mass is 16.5. The first-order valence-electron chi connectivity index (χ1n) is 12.7. The lowest BCUT2D eigenvalue weighted by Crippen LogP contribution is -2.15. The standard InChI is InChI=1S/C30H35N3O4/c1-34-23-11-7-13-25(19-23)36-17-5-3-9-21-15-16-22(28-27(21)29(31)33-30(28)32)10-4-6-18-37-26-14-8-12-24(20-26)35-2/h7-8,11-16,19-20H,3-6,9-10,17-18H2,1-2H3,(H3,31,32,33). The van der Waals surface area contributed by atoms with Crippen LogP contribution in [0.15, 0.2) is 65.7 Å². The minimum Gasteiger partial charge on any atom is -0.497 e. The summed E-state index contributed by atoms with van der Waals surface area (Å²) in [5.41, 5.74) is 10.3. The van der Waals surface area contributed by atoms with Crippen molar-refractivity contribution in [2.45, 2.75) is 38.5 Å². The number of unbranched alkanes of at least 4 members (excludes halogenated alkanes) is 2. The molecule has 0 bridgehead atoms. The Morgan fingerprint density at radius 2 is 1.16 bits per heavy atom. The van der Waals surface area contributed by atoms with Crippen LogP contribution in [-0.2, 0) is 12.8 Å². The van der Waals surface area contributed by atoms with Crippen LogP contribution in [0.1, 0.15) is 47.9 Å². The molecule has 1 aliphatic rings. The number of benzene rings is 3. The van der Waals surface area contributed by atoms with Gasteiger partial charge >= 0.3 is 0 Å². The van der Waals surface area contributed by atoms with Crippen LogP contribution >= 0.6 is 0 Å². The topological polar surface area (TPSA) is 99.1 Å². The van der Waals surface area contributed by atoms with E-state index in [0.29, 0.717) is 19.0 Å². The number of hydrogen-bond acceptors (Lipinski definition) is 6. The number of amidine groups is 2. The van der Waals surface area contributed by atoms with E-state index in [9.17, 15) is 0 Å². The van der Waals surface area contributed by atoms with E-state index >= 15 is 0 Å². The molecule has 0 aromatic heterocycles. The summed E-state index contributed by atoms with van der Waals surface area (Å²) in [5, 5.41) is 8.40. The molecular weight excluding hydrogens is 466 g/mol. The molecule has 7 nitrogen and oxygen atoms in total. The van der Waals surface area contributed by atoms with E-state index in [2.05, 4.69) is 17.1 Å². The van der Waals surface area contributed by atoms with Crippen molar-refractivity contribution in [3.8, 4) is 23.0 Å². The summed E-state index contributed by atoms with van der Waals surface area (Å²) < 4.78 is 22.2. The molecule has 3 aromatic rings. The molecule has 7 heteroatoms. The van der Waals surface area contributed by atoms with Crippen LogP contribution in [0, 0.1) is 5.41 Å². The lowest BCUT2D eigenvalue weighted by Gasteiger charge is -2.14. The molecular formula is C30H35N3O4. The maximum Gasteiger partial charge on any atom is 0.155 e. The van der Waals surface area contributed by atoms with Crippen molar-refractivity contribution in [3.63, 3.8) is 0 Å². The van der Waals surface area contributed by atoms with Gasteiger partial charge in [0, 0.05) is 23.3 Å². The van der Waals surface area contributed by atoms with Crippen molar-refractivity contribution in [2.24, 2.45) is 10.7 Å². The van der Waals surface area contributed by atoms with E-state index in [1.807, 2.05) is 48.5 Å². The fourth-order valence-electron chi connectivity index (χ4n) is 4.50. The highest BCUT2D eigenvalue weighted by Gasteiger charge is 2.24. The zero-order valence-electron chi connectivity index (χ0n) is 21.6. The predicted molar refractivity (Wildman–Crippen MR) is 147 cm³/mol. The molecule has 0 fully saturated rings. The summed E-state index contributed by atoms with van der Waals surface area (Å²) in [5.74, 6) is 3.90. The Labute approximate surface area is 218 Å². The minimum absolute atomic E-state index is 0.262. The second-order valence-corrected chi connectivity index (χ2v) is 8.95. The molecule has 0 saturated carbocycles. The first-order valence-corrected chi connectivity index (χ1v) is 12.7. The Hall–Kier alpha value is -4.00. The molecule has 0 unspecified atom stereocenters. The van der Waals surface area contributed by atoms with Gasteiger partial charge in [-0.3, -0.25) is 5.41 Å². The molecule has 0 radical (unpaired) electrons. The van der Waals surface area contributed by atoms with E-state index in [-0.39, 0.29) is 5.84 Å². The number of aryl methyl sites for hydroxylation is 2. The first-order chi connectivity index (χ1) is 18.1. The monoisotopic (exact) mass is 501 g/mol. The number of hydrogen-bond donors (Lipinski definition) is 2. The van der Waals surface area contributed by atoms with E-state index < -0.39 is 0 Å². The van der Waals surface area contributed by atoms with Gasteiger partial charge in [-0.1, -0.05) is 24.3 Å². The first kappa shape index (κ1) is 26.1. The van der Waals surface area contributed by atoms with Gasteiger partial charge in [0.15, 0.2) is 5.84 Å². The Morgan fingerprint density at radius 3 is 1.68 bits per heavy atom. The summed E-state index contributed by atoms with van der Waals surface area (Å²) in [6.45, 7) is 1.26. The molecule has 3 aromatic carbocycles. The van der Waals surface area contributed by atoms with Crippen LogP contribution in [0.5, 0.6) is 23.0 Å². The molecule has 0 spiro atoms. The van der Waals surface area contributed by atoms with Gasteiger partial charge in [0.1, 0.15) is 28.8 Å². The average molecular weight is 502 g/mol. The highest BCUT2D eigenvalue weighted by molar-refractivity contribution is 6.22. The summed E-state index contributed by atoms with van der Waals surface area (Å²) in [6, 6.07) is 19.6. The van der Waals surface area contributed by atoms with Crippen LogP contribution in [0.2, 0.25) is 0 Å². The SMILES string of the molecule is COc1cccc(OCCCCc2ccc(CCCCOc3cccc(OC)c3)c3c2C(=N)N=C3N)c1. The second kappa shape index (κ2) is 12.8. The maximum absolute atomic E-state index is 8.40. The van der Waals surface area contributed by atoms with Gasteiger partial charge < -0.3 is 24.7 Å². The minimum atomic E-state index is 0.262. The fraction of sp³-hybridized carbons (Fsp3) is 0.333. The summed E-state index contributed by atoms with van der Waals surface area (Å²) >= 11 is 0. The number of rotatable bonds is 14. The fourth-order valence-corrected chi connectivity index (χ4v) is 4.50. The number of aliphatic imine (C=N–C) groups is 1. The van der Waals surface area contributed by atoms with Crippen LogP contribution in [-0.4, -0.2) is 39.1 Å². The number of methoxy groups -OCH3 is 2. The van der Waals surface area contributed by atoms with Crippen molar-refractivity contribution in [3.05, 3.63) is 82.9 Å². The molecule has 0 atom stereocenters. The van der Waals surface area contributed by atoms with Gasteiger partial charge in [-0.15, -0.1) is 0 Å². The Kier molecular flexibility index (Phi) is 9.03. The summed E-state index contributed by atoms with van der Waals surface area (Å²) in [6.07, 6.45) is 5.44. The molecule has 37 heavy (non-hydrogen) atoms.